The average molecular weight is 425 g/mol. The van der Waals surface area contributed by atoms with E-state index in [0.717, 1.165) is 5.56 Å². The van der Waals surface area contributed by atoms with E-state index in [1.165, 1.54) is 19.2 Å². The second-order valence-electron chi connectivity index (χ2n) is 6.63. The number of anilines is 1. The van der Waals surface area contributed by atoms with Crippen molar-refractivity contribution in [1.29, 1.82) is 0 Å². The lowest BCUT2D eigenvalue weighted by Crippen LogP contribution is -2.47. The first-order valence-corrected chi connectivity index (χ1v) is 10.8. The van der Waals surface area contributed by atoms with E-state index < -0.39 is 22.0 Å². The Hall–Kier alpha value is -2.09. The third-order valence-corrected chi connectivity index (χ3v) is 6.22. The Kier molecular flexibility index (Phi) is 7.46. The van der Waals surface area contributed by atoms with E-state index in [-0.39, 0.29) is 10.8 Å². The second kappa shape index (κ2) is 9.41. The van der Waals surface area contributed by atoms with Gasteiger partial charge < -0.3 is 10.1 Å². The first-order valence-electron chi connectivity index (χ1n) is 8.91. The highest BCUT2D eigenvalue weighted by molar-refractivity contribution is 7.89. The molecular weight excluding hydrogens is 400 g/mol. The van der Waals surface area contributed by atoms with Gasteiger partial charge in [0.25, 0.3) is 0 Å². The Morgan fingerprint density at radius 1 is 1.18 bits per heavy atom. The van der Waals surface area contributed by atoms with Gasteiger partial charge in [-0.25, -0.2) is 8.42 Å². The molecule has 0 unspecified atom stereocenters. The smallest absolute Gasteiger partial charge is 0.242 e. The maximum Gasteiger partial charge on any atom is 0.242 e. The standard InChI is InChI=1S/C20H25ClN2O4S/c1-5-14(3)19(23-28(25,26)16-9-6-13(2)7-10-16)20(24)22-17-12-15(21)8-11-18(17)27-4/h6-12,14,19,23H,5H2,1-4H3,(H,22,24)/t14-,19-/m1/s1. The molecule has 0 aliphatic carbocycles. The lowest BCUT2D eigenvalue weighted by molar-refractivity contribution is -0.118. The zero-order chi connectivity index (χ0) is 20.9. The molecule has 0 bridgehead atoms. The number of hydrogen-bond donors (Lipinski definition) is 2. The molecule has 0 aliphatic heterocycles. The van der Waals surface area contributed by atoms with Gasteiger partial charge in [-0.2, -0.15) is 4.72 Å². The van der Waals surface area contributed by atoms with Crippen molar-refractivity contribution in [2.75, 3.05) is 12.4 Å². The fourth-order valence-corrected chi connectivity index (χ4v) is 4.08. The average Bonchev–Trinajstić information content (AvgIpc) is 2.66. The van der Waals surface area contributed by atoms with Gasteiger partial charge in [-0.15, -0.1) is 0 Å². The maximum absolute atomic E-state index is 12.9. The Morgan fingerprint density at radius 2 is 1.82 bits per heavy atom. The fraction of sp³-hybridized carbons (Fsp3) is 0.350. The SMILES string of the molecule is CC[C@@H](C)[C@@H](NS(=O)(=O)c1ccc(C)cc1)C(=O)Nc1cc(Cl)ccc1OC. The molecule has 2 N–H and O–H groups in total. The number of nitrogens with one attached hydrogen (secondary N) is 2. The molecule has 2 aromatic carbocycles. The minimum absolute atomic E-state index is 0.111. The molecule has 2 rings (SSSR count). The third kappa shape index (κ3) is 5.47. The number of aryl methyl sites for hydroxylation is 1. The van der Waals surface area contributed by atoms with Crippen molar-refractivity contribution in [2.24, 2.45) is 5.92 Å². The van der Waals surface area contributed by atoms with Crippen LogP contribution >= 0.6 is 11.6 Å². The number of methoxy groups -OCH3 is 1. The van der Waals surface area contributed by atoms with Crippen molar-refractivity contribution in [2.45, 2.75) is 38.1 Å². The number of amides is 1. The van der Waals surface area contributed by atoms with E-state index >= 15 is 0 Å². The van der Waals surface area contributed by atoms with Crippen LogP contribution in [0.3, 0.4) is 0 Å². The number of hydrogen-bond acceptors (Lipinski definition) is 4. The summed E-state index contributed by atoms with van der Waals surface area (Å²) in [4.78, 5) is 13.0. The van der Waals surface area contributed by atoms with Crippen LogP contribution in [0, 0.1) is 12.8 Å². The normalized spacial score (nSPS) is 13.6. The molecule has 1 amide bonds. The second-order valence-corrected chi connectivity index (χ2v) is 8.78. The highest BCUT2D eigenvalue weighted by atomic mass is 35.5. The molecule has 2 aromatic rings. The predicted molar refractivity (Wildman–Crippen MR) is 111 cm³/mol. The van der Waals surface area contributed by atoms with Crippen LogP contribution in [0.15, 0.2) is 47.4 Å². The van der Waals surface area contributed by atoms with E-state index in [4.69, 9.17) is 16.3 Å². The Bertz CT molecular complexity index is 930. The van der Waals surface area contributed by atoms with Crippen LogP contribution in [0.2, 0.25) is 5.02 Å². The van der Waals surface area contributed by atoms with Crippen molar-refractivity contribution < 1.29 is 17.9 Å². The zero-order valence-electron chi connectivity index (χ0n) is 16.3. The molecule has 0 aliphatic rings. The third-order valence-electron chi connectivity index (χ3n) is 4.53. The predicted octanol–water partition coefficient (Wildman–Crippen LogP) is 3.99. The molecule has 8 heteroatoms. The first kappa shape index (κ1) is 22.2. The van der Waals surface area contributed by atoms with Gasteiger partial charge in [0.2, 0.25) is 15.9 Å². The summed E-state index contributed by atoms with van der Waals surface area (Å²) in [5, 5.41) is 3.15. The number of carbonyl (C=O) groups excluding carboxylic acids is 1. The number of halogens is 1. The monoisotopic (exact) mass is 424 g/mol. The van der Waals surface area contributed by atoms with Gasteiger partial charge >= 0.3 is 0 Å². The van der Waals surface area contributed by atoms with E-state index in [1.807, 2.05) is 20.8 Å². The summed E-state index contributed by atoms with van der Waals surface area (Å²) in [6, 6.07) is 10.3. The molecule has 0 saturated heterocycles. The molecule has 0 heterocycles. The number of rotatable bonds is 8. The van der Waals surface area contributed by atoms with Crippen LogP contribution in [-0.2, 0) is 14.8 Å². The van der Waals surface area contributed by atoms with E-state index in [1.54, 1.807) is 30.3 Å². The van der Waals surface area contributed by atoms with Crippen molar-refractivity contribution in [3.63, 3.8) is 0 Å². The Morgan fingerprint density at radius 3 is 2.39 bits per heavy atom. The number of sulfonamides is 1. The molecule has 0 radical (unpaired) electrons. The number of benzene rings is 2. The molecule has 0 spiro atoms. The van der Waals surface area contributed by atoms with Gasteiger partial charge in [-0.1, -0.05) is 49.6 Å². The molecule has 6 nitrogen and oxygen atoms in total. The largest absolute Gasteiger partial charge is 0.495 e. The molecule has 0 aromatic heterocycles. The van der Waals surface area contributed by atoms with Gasteiger partial charge in [-0.3, -0.25) is 4.79 Å². The van der Waals surface area contributed by atoms with Gasteiger partial charge in [0.1, 0.15) is 11.8 Å². The first-order chi connectivity index (χ1) is 13.2. The fourth-order valence-electron chi connectivity index (χ4n) is 2.60. The van der Waals surface area contributed by atoms with Crippen LogP contribution in [0.1, 0.15) is 25.8 Å². The molecular formula is C20H25ClN2O4S. The topological polar surface area (TPSA) is 84.5 Å². The van der Waals surface area contributed by atoms with E-state index in [0.29, 0.717) is 22.9 Å². The molecule has 28 heavy (non-hydrogen) atoms. The molecule has 0 fully saturated rings. The molecule has 0 saturated carbocycles. The van der Waals surface area contributed by atoms with Crippen LogP contribution < -0.4 is 14.8 Å². The van der Waals surface area contributed by atoms with Crippen LogP contribution in [0.5, 0.6) is 5.75 Å². The highest BCUT2D eigenvalue weighted by Crippen LogP contribution is 2.28. The Balaban J connectivity index is 2.29. The number of carbonyl (C=O) groups is 1. The van der Waals surface area contributed by atoms with Crippen molar-refractivity contribution >= 4 is 33.2 Å². The summed E-state index contributed by atoms with van der Waals surface area (Å²) in [5.74, 6) is -0.280. The highest BCUT2D eigenvalue weighted by Gasteiger charge is 2.30. The van der Waals surface area contributed by atoms with Crippen LogP contribution in [0.4, 0.5) is 5.69 Å². The molecule has 152 valence electrons. The van der Waals surface area contributed by atoms with Crippen molar-refractivity contribution in [1.82, 2.24) is 4.72 Å². The van der Waals surface area contributed by atoms with Gasteiger partial charge in [0.15, 0.2) is 0 Å². The quantitative estimate of drug-likeness (QED) is 0.671. The summed E-state index contributed by atoms with van der Waals surface area (Å²) in [6.07, 6.45) is 0.612. The lowest BCUT2D eigenvalue weighted by atomic mass is 9.99. The Labute approximate surface area is 171 Å². The summed E-state index contributed by atoms with van der Waals surface area (Å²) >= 11 is 6.01. The van der Waals surface area contributed by atoms with Gasteiger partial charge in [0.05, 0.1) is 17.7 Å². The summed E-state index contributed by atoms with van der Waals surface area (Å²) < 4.78 is 33.3. The van der Waals surface area contributed by atoms with Crippen molar-refractivity contribution in [3.05, 3.63) is 53.1 Å². The minimum atomic E-state index is -3.86. The van der Waals surface area contributed by atoms with E-state index in [2.05, 4.69) is 10.0 Å². The number of ether oxygens (including phenoxy) is 1. The summed E-state index contributed by atoms with van der Waals surface area (Å²) in [5.41, 5.74) is 1.33. The molecule has 2 atom stereocenters. The summed E-state index contributed by atoms with van der Waals surface area (Å²) in [7, 11) is -2.38. The lowest BCUT2D eigenvalue weighted by Gasteiger charge is -2.24. The van der Waals surface area contributed by atoms with Gasteiger partial charge in [-0.05, 0) is 43.2 Å². The van der Waals surface area contributed by atoms with E-state index in [9.17, 15) is 13.2 Å². The van der Waals surface area contributed by atoms with Crippen LogP contribution in [0.25, 0.3) is 0 Å². The van der Waals surface area contributed by atoms with Crippen molar-refractivity contribution in [3.8, 4) is 5.75 Å². The summed E-state index contributed by atoms with van der Waals surface area (Å²) in [6.45, 7) is 5.58. The van der Waals surface area contributed by atoms with Gasteiger partial charge in [0, 0.05) is 5.02 Å². The maximum atomic E-state index is 12.9. The zero-order valence-corrected chi connectivity index (χ0v) is 17.9. The minimum Gasteiger partial charge on any atom is -0.495 e. The van der Waals surface area contributed by atoms with Crippen LogP contribution in [-0.4, -0.2) is 27.5 Å².